The van der Waals surface area contributed by atoms with Gasteiger partial charge in [-0.15, -0.1) is 11.3 Å². The molecule has 0 atom stereocenters. The van der Waals surface area contributed by atoms with Gasteiger partial charge in [-0.1, -0.05) is 24.3 Å². The lowest BCUT2D eigenvalue weighted by Crippen LogP contribution is -2.40. The van der Waals surface area contributed by atoms with Crippen LogP contribution in [-0.2, 0) is 0 Å². The summed E-state index contributed by atoms with van der Waals surface area (Å²) in [7, 11) is 0. The van der Waals surface area contributed by atoms with Crippen molar-refractivity contribution in [2.45, 2.75) is 12.8 Å². The first-order chi connectivity index (χ1) is 14.5. The summed E-state index contributed by atoms with van der Waals surface area (Å²) < 4.78 is 0. The minimum absolute atomic E-state index is 0.0374. The number of phenolic OH excluding ortho intramolecular Hbond substituents is 1. The molecule has 0 unspecified atom stereocenters. The van der Waals surface area contributed by atoms with Gasteiger partial charge in [0.2, 0.25) is 5.78 Å². The molecule has 1 N–H and O–H groups in total. The average molecular weight is 420 g/mol. The van der Waals surface area contributed by atoms with Crippen molar-refractivity contribution in [3.63, 3.8) is 0 Å². The van der Waals surface area contributed by atoms with E-state index in [1.165, 1.54) is 23.5 Å². The van der Waals surface area contributed by atoms with Crippen LogP contribution in [0, 0.1) is 5.92 Å². The van der Waals surface area contributed by atoms with Gasteiger partial charge in [-0.2, -0.15) is 0 Å². The van der Waals surface area contributed by atoms with Gasteiger partial charge in [0.1, 0.15) is 5.75 Å². The van der Waals surface area contributed by atoms with Gasteiger partial charge in [0.15, 0.2) is 5.78 Å². The highest BCUT2D eigenvalue weighted by molar-refractivity contribution is 7.12. The molecular formula is C24H21NO4S. The number of rotatable bonds is 5. The Morgan fingerprint density at radius 3 is 2.17 bits per heavy atom. The Kier molecular flexibility index (Phi) is 5.77. The monoisotopic (exact) mass is 419 g/mol. The summed E-state index contributed by atoms with van der Waals surface area (Å²) in [5.41, 5.74) is 1.39. The van der Waals surface area contributed by atoms with E-state index in [4.69, 9.17) is 0 Å². The van der Waals surface area contributed by atoms with Gasteiger partial charge in [0.25, 0.3) is 5.91 Å². The molecule has 4 rings (SSSR count). The first-order valence-electron chi connectivity index (χ1n) is 9.84. The largest absolute Gasteiger partial charge is 0.508 e. The van der Waals surface area contributed by atoms with E-state index >= 15 is 0 Å². The van der Waals surface area contributed by atoms with Crippen LogP contribution < -0.4 is 0 Å². The standard InChI is InChI=1S/C24H21NO4S/c26-18-9-7-16(8-10-18)22(27)17-11-13-25(14-12-17)24(29)20-5-2-1-4-19(20)23(28)21-6-3-15-30-21/h1-10,15,17,26H,11-14H2. The molecule has 5 nitrogen and oxygen atoms in total. The van der Waals surface area contributed by atoms with Gasteiger partial charge >= 0.3 is 0 Å². The Labute approximate surface area is 178 Å². The lowest BCUT2D eigenvalue weighted by Gasteiger charge is -2.31. The van der Waals surface area contributed by atoms with Crippen LogP contribution in [0.15, 0.2) is 66.0 Å². The number of aromatic hydroxyl groups is 1. The molecule has 3 aromatic rings. The fourth-order valence-corrected chi connectivity index (χ4v) is 4.46. The van der Waals surface area contributed by atoms with Crippen LogP contribution in [0.1, 0.15) is 48.8 Å². The number of phenols is 1. The van der Waals surface area contributed by atoms with Gasteiger partial charge in [-0.25, -0.2) is 0 Å². The Bertz CT molecular complexity index is 1060. The van der Waals surface area contributed by atoms with E-state index in [-0.39, 0.29) is 29.1 Å². The second-order valence-corrected chi connectivity index (χ2v) is 8.28. The Balaban J connectivity index is 1.46. The van der Waals surface area contributed by atoms with E-state index in [0.717, 1.165) is 0 Å². The van der Waals surface area contributed by atoms with Crippen LogP contribution >= 0.6 is 11.3 Å². The number of nitrogens with zero attached hydrogens (tertiary/aromatic N) is 1. The lowest BCUT2D eigenvalue weighted by atomic mass is 9.88. The maximum absolute atomic E-state index is 13.1. The third-order valence-electron chi connectivity index (χ3n) is 5.45. The number of thiophene rings is 1. The molecule has 1 aliphatic heterocycles. The molecule has 1 amide bonds. The number of hydrogen-bond acceptors (Lipinski definition) is 5. The summed E-state index contributed by atoms with van der Waals surface area (Å²) in [4.78, 5) is 41.0. The first-order valence-corrected chi connectivity index (χ1v) is 10.7. The number of ketones is 2. The van der Waals surface area contributed by atoms with E-state index in [9.17, 15) is 19.5 Å². The van der Waals surface area contributed by atoms with Crippen molar-refractivity contribution < 1.29 is 19.5 Å². The fraction of sp³-hybridized carbons (Fsp3) is 0.208. The molecule has 1 aliphatic rings. The highest BCUT2D eigenvalue weighted by Crippen LogP contribution is 2.25. The van der Waals surface area contributed by atoms with E-state index < -0.39 is 0 Å². The highest BCUT2D eigenvalue weighted by atomic mass is 32.1. The van der Waals surface area contributed by atoms with Gasteiger partial charge < -0.3 is 10.0 Å². The molecule has 0 radical (unpaired) electrons. The van der Waals surface area contributed by atoms with Crippen molar-refractivity contribution in [2.75, 3.05) is 13.1 Å². The zero-order valence-electron chi connectivity index (χ0n) is 16.3. The summed E-state index contributed by atoms with van der Waals surface area (Å²) in [5, 5.41) is 11.2. The van der Waals surface area contributed by atoms with Crippen LogP contribution in [0.4, 0.5) is 0 Å². The average Bonchev–Trinajstić information content (AvgIpc) is 3.33. The molecule has 0 aliphatic carbocycles. The molecule has 0 saturated carbocycles. The molecule has 0 spiro atoms. The minimum Gasteiger partial charge on any atom is -0.508 e. The summed E-state index contributed by atoms with van der Waals surface area (Å²) in [6, 6.07) is 16.8. The summed E-state index contributed by atoms with van der Waals surface area (Å²) >= 11 is 1.36. The van der Waals surface area contributed by atoms with Crippen LogP contribution in [0.25, 0.3) is 0 Å². The van der Waals surface area contributed by atoms with E-state index in [0.29, 0.717) is 47.5 Å². The molecule has 152 valence electrons. The Hall–Kier alpha value is -3.25. The Morgan fingerprint density at radius 1 is 0.867 bits per heavy atom. The van der Waals surface area contributed by atoms with Crippen LogP contribution in [0.3, 0.4) is 0 Å². The molecule has 6 heteroatoms. The fourth-order valence-electron chi connectivity index (χ4n) is 3.78. The molecular weight excluding hydrogens is 398 g/mol. The number of likely N-dealkylation sites (tertiary alicyclic amines) is 1. The highest BCUT2D eigenvalue weighted by Gasteiger charge is 2.30. The van der Waals surface area contributed by atoms with E-state index in [1.54, 1.807) is 47.4 Å². The summed E-state index contributed by atoms with van der Waals surface area (Å²) in [6.07, 6.45) is 1.15. The zero-order valence-corrected chi connectivity index (χ0v) is 17.1. The normalized spacial score (nSPS) is 14.5. The molecule has 0 bridgehead atoms. The van der Waals surface area contributed by atoms with Crippen LogP contribution in [0.5, 0.6) is 5.75 Å². The first kappa shape index (κ1) is 20.0. The van der Waals surface area contributed by atoms with Gasteiger partial charge in [-0.3, -0.25) is 14.4 Å². The predicted molar refractivity (Wildman–Crippen MR) is 115 cm³/mol. The number of hydrogen-bond donors (Lipinski definition) is 1. The van der Waals surface area contributed by atoms with Gasteiger partial charge in [-0.05, 0) is 54.6 Å². The van der Waals surface area contributed by atoms with Crippen LogP contribution in [0.2, 0.25) is 0 Å². The van der Waals surface area contributed by atoms with Gasteiger partial charge in [0.05, 0.1) is 10.4 Å². The summed E-state index contributed by atoms with van der Waals surface area (Å²) in [5.74, 6) is -0.308. The van der Waals surface area contributed by atoms with Crippen LogP contribution in [-0.4, -0.2) is 40.6 Å². The number of carbonyl (C=O) groups excluding carboxylic acids is 3. The minimum atomic E-state index is -0.175. The molecule has 1 saturated heterocycles. The summed E-state index contributed by atoms with van der Waals surface area (Å²) in [6.45, 7) is 0.934. The topological polar surface area (TPSA) is 74.7 Å². The third kappa shape index (κ3) is 4.04. The maximum Gasteiger partial charge on any atom is 0.254 e. The quantitative estimate of drug-likeness (QED) is 0.621. The lowest BCUT2D eigenvalue weighted by molar-refractivity contribution is 0.0648. The third-order valence-corrected chi connectivity index (χ3v) is 6.32. The number of carbonyl (C=O) groups is 3. The van der Waals surface area contributed by atoms with Crippen molar-refractivity contribution in [1.29, 1.82) is 0 Å². The number of amides is 1. The number of benzene rings is 2. The van der Waals surface area contributed by atoms with E-state index in [2.05, 4.69) is 0 Å². The second-order valence-electron chi connectivity index (χ2n) is 7.33. The molecule has 1 aromatic heterocycles. The van der Waals surface area contributed by atoms with Crippen molar-refractivity contribution >= 4 is 28.8 Å². The Morgan fingerprint density at radius 2 is 1.53 bits per heavy atom. The molecule has 1 fully saturated rings. The molecule has 2 aromatic carbocycles. The zero-order chi connectivity index (χ0) is 21.1. The van der Waals surface area contributed by atoms with Crippen molar-refractivity contribution in [3.05, 3.63) is 87.6 Å². The maximum atomic E-state index is 13.1. The number of Topliss-reactive ketones (excluding diaryl/α,β-unsaturated/α-hetero) is 1. The molecule has 30 heavy (non-hydrogen) atoms. The predicted octanol–water partition coefficient (Wildman–Crippen LogP) is 4.42. The van der Waals surface area contributed by atoms with Gasteiger partial charge in [0, 0.05) is 30.1 Å². The van der Waals surface area contributed by atoms with Crippen molar-refractivity contribution in [1.82, 2.24) is 4.90 Å². The van der Waals surface area contributed by atoms with E-state index in [1.807, 2.05) is 11.4 Å². The van der Waals surface area contributed by atoms with Crippen molar-refractivity contribution in [3.8, 4) is 5.75 Å². The second kappa shape index (κ2) is 8.63. The van der Waals surface area contributed by atoms with Crippen molar-refractivity contribution in [2.24, 2.45) is 5.92 Å². The smallest absolute Gasteiger partial charge is 0.254 e. The number of piperidine rings is 1. The SMILES string of the molecule is O=C(c1cccs1)c1ccccc1C(=O)N1CCC(C(=O)c2ccc(O)cc2)CC1. The molecule has 2 heterocycles.